The highest BCUT2D eigenvalue weighted by Crippen LogP contribution is 2.12. The van der Waals surface area contributed by atoms with Crippen LogP contribution in [-0.4, -0.2) is 25.8 Å². The van der Waals surface area contributed by atoms with Crippen LogP contribution in [0.5, 0.6) is 0 Å². The minimum absolute atomic E-state index is 0.128. The van der Waals surface area contributed by atoms with Gasteiger partial charge in [-0.25, -0.2) is 0 Å². The fourth-order valence-corrected chi connectivity index (χ4v) is 2.04. The fraction of sp³-hybridized carbons (Fsp3) is 0.583. The van der Waals surface area contributed by atoms with Crippen molar-refractivity contribution in [2.24, 2.45) is 0 Å². The largest absolute Gasteiger partial charge is 0.463 e. The van der Waals surface area contributed by atoms with E-state index in [0.29, 0.717) is 26.2 Å². The summed E-state index contributed by atoms with van der Waals surface area (Å²) in [5, 5.41) is 2.05. The SMILES string of the molecule is CCOCCOC(=O)CCCc1cccs1. The van der Waals surface area contributed by atoms with E-state index in [1.807, 2.05) is 13.0 Å². The molecular weight excluding hydrogens is 224 g/mol. The molecule has 0 amide bonds. The Bertz CT molecular complexity index is 282. The number of thiophene rings is 1. The van der Waals surface area contributed by atoms with Crippen molar-refractivity contribution in [3.05, 3.63) is 22.4 Å². The summed E-state index contributed by atoms with van der Waals surface area (Å²) in [6.45, 7) is 3.44. The van der Waals surface area contributed by atoms with E-state index < -0.39 is 0 Å². The molecule has 0 atom stereocenters. The smallest absolute Gasteiger partial charge is 0.305 e. The lowest BCUT2D eigenvalue weighted by molar-refractivity contribution is -0.145. The van der Waals surface area contributed by atoms with E-state index in [4.69, 9.17) is 9.47 Å². The van der Waals surface area contributed by atoms with Gasteiger partial charge in [0, 0.05) is 17.9 Å². The number of hydrogen-bond acceptors (Lipinski definition) is 4. The molecule has 0 aliphatic carbocycles. The Labute approximate surface area is 100 Å². The van der Waals surface area contributed by atoms with Crippen LogP contribution < -0.4 is 0 Å². The van der Waals surface area contributed by atoms with Gasteiger partial charge >= 0.3 is 5.97 Å². The molecular formula is C12H18O3S. The molecule has 1 heterocycles. The lowest BCUT2D eigenvalue weighted by atomic mass is 10.2. The lowest BCUT2D eigenvalue weighted by Crippen LogP contribution is -2.10. The van der Waals surface area contributed by atoms with E-state index in [9.17, 15) is 4.79 Å². The van der Waals surface area contributed by atoms with Gasteiger partial charge in [0.15, 0.2) is 0 Å². The Hall–Kier alpha value is -0.870. The normalized spacial score (nSPS) is 10.3. The molecule has 0 spiro atoms. The van der Waals surface area contributed by atoms with Crippen molar-refractivity contribution in [1.82, 2.24) is 0 Å². The Balaban J connectivity index is 1.98. The first kappa shape index (κ1) is 13.2. The van der Waals surface area contributed by atoms with Crippen LogP contribution in [0.4, 0.5) is 0 Å². The molecule has 0 unspecified atom stereocenters. The zero-order valence-corrected chi connectivity index (χ0v) is 10.4. The van der Waals surface area contributed by atoms with Gasteiger partial charge in [0.2, 0.25) is 0 Å². The first-order chi connectivity index (χ1) is 7.83. The standard InChI is InChI=1S/C12H18O3S/c1-2-14-8-9-15-12(13)7-3-5-11-6-4-10-16-11/h4,6,10H,2-3,5,7-9H2,1H3. The Kier molecular flexibility index (Phi) is 6.85. The second-order valence-corrected chi connectivity index (χ2v) is 4.38. The molecule has 4 heteroatoms. The average Bonchev–Trinajstić information content (AvgIpc) is 2.77. The summed E-state index contributed by atoms with van der Waals surface area (Å²) in [6.07, 6.45) is 2.30. The maximum Gasteiger partial charge on any atom is 0.305 e. The molecule has 1 rings (SSSR count). The monoisotopic (exact) mass is 242 g/mol. The molecule has 0 radical (unpaired) electrons. The van der Waals surface area contributed by atoms with Crippen molar-refractivity contribution < 1.29 is 14.3 Å². The molecule has 1 aromatic heterocycles. The van der Waals surface area contributed by atoms with Crippen LogP contribution in [0.3, 0.4) is 0 Å². The van der Waals surface area contributed by atoms with Gasteiger partial charge in [-0.2, -0.15) is 0 Å². The summed E-state index contributed by atoms with van der Waals surface area (Å²) in [5.41, 5.74) is 0. The number of rotatable bonds is 8. The summed E-state index contributed by atoms with van der Waals surface area (Å²) in [5.74, 6) is -0.128. The quantitative estimate of drug-likeness (QED) is 0.519. The summed E-state index contributed by atoms with van der Waals surface area (Å²) in [4.78, 5) is 12.6. The highest BCUT2D eigenvalue weighted by Gasteiger charge is 2.03. The Morgan fingerprint density at radius 2 is 2.31 bits per heavy atom. The molecule has 0 saturated heterocycles. The van der Waals surface area contributed by atoms with Gasteiger partial charge in [-0.15, -0.1) is 11.3 Å². The molecule has 0 aromatic carbocycles. The molecule has 3 nitrogen and oxygen atoms in total. The van der Waals surface area contributed by atoms with Crippen molar-refractivity contribution in [2.45, 2.75) is 26.2 Å². The van der Waals surface area contributed by atoms with Gasteiger partial charge in [0.25, 0.3) is 0 Å². The summed E-state index contributed by atoms with van der Waals surface area (Å²) in [7, 11) is 0. The van der Waals surface area contributed by atoms with Crippen LogP contribution in [0, 0.1) is 0 Å². The summed E-state index contributed by atoms with van der Waals surface area (Å²) >= 11 is 1.73. The minimum atomic E-state index is -0.128. The maximum atomic E-state index is 11.3. The minimum Gasteiger partial charge on any atom is -0.463 e. The van der Waals surface area contributed by atoms with E-state index in [0.717, 1.165) is 12.8 Å². The van der Waals surface area contributed by atoms with Gasteiger partial charge in [-0.3, -0.25) is 4.79 Å². The Morgan fingerprint density at radius 3 is 3.00 bits per heavy atom. The number of carbonyl (C=O) groups is 1. The predicted molar refractivity (Wildman–Crippen MR) is 64.7 cm³/mol. The first-order valence-electron chi connectivity index (χ1n) is 5.58. The van der Waals surface area contributed by atoms with Crippen LogP contribution in [0.25, 0.3) is 0 Å². The van der Waals surface area contributed by atoms with Gasteiger partial charge in [0.05, 0.1) is 6.61 Å². The number of hydrogen-bond donors (Lipinski definition) is 0. The van der Waals surface area contributed by atoms with Crippen molar-refractivity contribution in [3.63, 3.8) is 0 Å². The molecule has 1 aromatic rings. The lowest BCUT2D eigenvalue weighted by Gasteiger charge is -2.04. The van der Waals surface area contributed by atoms with Crippen molar-refractivity contribution >= 4 is 17.3 Å². The van der Waals surface area contributed by atoms with Crippen LogP contribution in [0.15, 0.2) is 17.5 Å². The number of esters is 1. The molecule has 0 N–H and O–H groups in total. The first-order valence-corrected chi connectivity index (χ1v) is 6.46. The summed E-state index contributed by atoms with van der Waals surface area (Å²) in [6, 6.07) is 4.12. The Morgan fingerprint density at radius 1 is 1.44 bits per heavy atom. The van der Waals surface area contributed by atoms with E-state index in [-0.39, 0.29) is 5.97 Å². The number of aryl methyl sites for hydroxylation is 1. The zero-order valence-electron chi connectivity index (χ0n) is 9.61. The number of carbonyl (C=O) groups excluding carboxylic acids is 1. The third-order valence-corrected chi connectivity index (χ3v) is 3.02. The molecule has 0 fully saturated rings. The maximum absolute atomic E-state index is 11.3. The molecule has 16 heavy (non-hydrogen) atoms. The number of ether oxygens (including phenoxy) is 2. The third-order valence-electron chi connectivity index (χ3n) is 2.08. The molecule has 0 aliphatic rings. The molecule has 0 aliphatic heterocycles. The molecule has 90 valence electrons. The fourth-order valence-electron chi connectivity index (χ4n) is 1.29. The van der Waals surface area contributed by atoms with Gasteiger partial charge < -0.3 is 9.47 Å². The topological polar surface area (TPSA) is 35.5 Å². The second kappa shape index (κ2) is 8.30. The predicted octanol–water partition coefficient (Wildman–Crippen LogP) is 2.65. The van der Waals surface area contributed by atoms with Crippen LogP contribution in [0.2, 0.25) is 0 Å². The van der Waals surface area contributed by atoms with E-state index in [2.05, 4.69) is 11.4 Å². The van der Waals surface area contributed by atoms with Gasteiger partial charge in [-0.05, 0) is 31.2 Å². The molecule has 0 saturated carbocycles. The van der Waals surface area contributed by atoms with E-state index >= 15 is 0 Å². The van der Waals surface area contributed by atoms with Crippen LogP contribution >= 0.6 is 11.3 Å². The third kappa shape index (κ3) is 5.88. The molecule has 0 bridgehead atoms. The zero-order chi connectivity index (χ0) is 11.6. The van der Waals surface area contributed by atoms with E-state index in [1.165, 1.54) is 4.88 Å². The van der Waals surface area contributed by atoms with Crippen molar-refractivity contribution in [3.8, 4) is 0 Å². The van der Waals surface area contributed by atoms with Crippen LogP contribution in [-0.2, 0) is 20.7 Å². The van der Waals surface area contributed by atoms with Crippen LogP contribution in [0.1, 0.15) is 24.6 Å². The van der Waals surface area contributed by atoms with Gasteiger partial charge in [-0.1, -0.05) is 6.07 Å². The average molecular weight is 242 g/mol. The van der Waals surface area contributed by atoms with Gasteiger partial charge in [0.1, 0.15) is 6.61 Å². The van der Waals surface area contributed by atoms with E-state index in [1.54, 1.807) is 11.3 Å². The highest BCUT2D eigenvalue weighted by molar-refractivity contribution is 7.09. The van der Waals surface area contributed by atoms with Crippen molar-refractivity contribution in [1.29, 1.82) is 0 Å². The summed E-state index contributed by atoms with van der Waals surface area (Å²) < 4.78 is 10.1. The van der Waals surface area contributed by atoms with Crippen molar-refractivity contribution in [2.75, 3.05) is 19.8 Å². The second-order valence-electron chi connectivity index (χ2n) is 3.35. The highest BCUT2D eigenvalue weighted by atomic mass is 32.1.